The molecule has 1 saturated heterocycles. The van der Waals surface area contributed by atoms with Gasteiger partial charge in [0.15, 0.2) is 0 Å². The molecular formula is C15H20N4O. The smallest absolute Gasteiger partial charge is 0.230 e. The van der Waals surface area contributed by atoms with Crippen molar-refractivity contribution >= 4 is 0 Å². The molecule has 0 amide bonds. The van der Waals surface area contributed by atoms with E-state index in [1.807, 2.05) is 26.0 Å². The van der Waals surface area contributed by atoms with Crippen LogP contribution in [0.2, 0.25) is 0 Å². The van der Waals surface area contributed by atoms with Crippen molar-refractivity contribution < 1.29 is 4.52 Å². The number of nitrogens with one attached hydrogen (secondary N) is 1. The molecule has 2 aromatic rings. The molecule has 1 aliphatic rings. The SMILES string of the molecule is Cc1cc(-c2noc(C3CCNC(C)C3)n2)cc(C)n1. The number of pyridine rings is 1. The number of hydrogen-bond acceptors (Lipinski definition) is 5. The summed E-state index contributed by atoms with van der Waals surface area (Å²) < 4.78 is 5.48. The molecule has 0 bridgehead atoms. The molecule has 0 saturated carbocycles. The van der Waals surface area contributed by atoms with Crippen molar-refractivity contribution in [2.75, 3.05) is 6.54 Å². The average molecular weight is 272 g/mol. The monoisotopic (exact) mass is 272 g/mol. The van der Waals surface area contributed by atoms with E-state index in [4.69, 9.17) is 4.52 Å². The summed E-state index contributed by atoms with van der Waals surface area (Å²) >= 11 is 0. The second kappa shape index (κ2) is 5.32. The van der Waals surface area contributed by atoms with Crippen molar-refractivity contribution in [1.82, 2.24) is 20.4 Å². The predicted molar refractivity (Wildman–Crippen MR) is 76.4 cm³/mol. The molecule has 2 atom stereocenters. The first-order valence-electron chi connectivity index (χ1n) is 7.14. The molecule has 0 spiro atoms. The summed E-state index contributed by atoms with van der Waals surface area (Å²) in [5.41, 5.74) is 2.93. The second-order valence-corrected chi connectivity index (χ2v) is 5.67. The third-order valence-corrected chi connectivity index (χ3v) is 3.75. The molecule has 1 aliphatic heterocycles. The molecule has 5 heteroatoms. The Kier molecular flexibility index (Phi) is 3.53. The van der Waals surface area contributed by atoms with Crippen molar-refractivity contribution in [3.8, 4) is 11.4 Å². The zero-order chi connectivity index (χ0) is 14.1. The van der Waals surface area contributed by atoms with Gasteiger partial charge in [-0.3, -0.25) is 4.98 Å². The van der Waals surface area contributed by atoms with E-state index in [-0.39, 0.29) is 0 Å². The van der Waals surface area contributed by atoms with Crippen molar-refractivity contribution in [3.05, 3.63) is 29.4 Å². The molecule has 0 aromatic carbocycles. The standard InChI is InChI=1S/C15H20N4O/c1-9-6-12(4-5-16-9)15-18-14(19-20-15)13-7-10(2)17-11(3)8-13/h7-9,12,16H,4-6H2,1-3H3. The van der Waals surface area contributed by atoms with Crippen LogP contribution >= 0.6 is 0 Å². The van der Waals surface area contributed by atoms with E-state index in [0.29, 0.717) is 17.8 Å². The Labute approximate surface area is 118 Å². The van der Waals surface area contributed by atoms with Crippen molar-refractivity contribution in [2.24, 2.45) is 0 Å². The third kappa shape index (κ3) is 2.72. The van der Waals surface area contributed by atoms with Gasteiger partial charge in [-0.05, 0) is 52.3 Å². The van der Waals surface area contributed by atoms with Gasteiger partial charge in [-0.25, -0.2) is 0 Å². The molecule has 2 aromatic heterocycles. The summed E-state index contributed by atoms with van der Waals surface area (Å²) in [7, 11) is 0. The van der Waals surface area contributed by atoms with Gasteiger partial charge in [-0.2, -0.15) is 4.98 Å². The molecule has 106 valence electrons. The van der Waals surface area contributed by atoms with Crippen LogP contribution in [0.15, 0.2) is 16.7 Å². The normalized spacial score (nSPS) is 22.9. The lowest BCUT2D eigenvalue weighted by atomic mass is 9.93. The van der Waals surface area contributed by atoms with E-state index < -0.39 is 0 Å². The van der Waals surface area contributed by atoms with Crippen LogP contribution in [-0.4, -0.2) is 27.7 Å². The highest BCUT2D eigenvalue weighted by Gasteiger charge is 2.25. The highest BCUT2D eigenvalue weighted by atomic mass is 16.5. The molecule has 0 radical (unpaired) electrons. The van der Waals surface area contributed by atoms with Gasteiger partial charge in [0, 0.05) is 28.9 Å². The van der Waals surface area contributed by atoms with E-state index in [9.17, 15) is 0 Å². The molecule has 20 heavy (non-hydrogen) atoms. The first kappa shape index (κ1) is 13.2. The number of piperidine rings is 1. The maximum Gasteiger partial charge on any atom is 0.230 e. The fourth-order valence-corrected chi connectivity index (χ4v) is 2.84. The summed E-state index contributed by atoms with van der Waals surface area (Å²) in [6.07, 6.45) is 2.11. The molecule has 3 heterocycles. The Balaban J connectivity index is 1.86. The van der Waals surface area contributed by atoms with E-state index in [2.05, 4.69) is 27.4 Å². The molecule has 1 fully saturated rings. The maximum atomic E-state index is 5.48. The fraction of sp³-hybridized carbons (Fsp3) is 0.533. The van der Waals surface area contributed by atoms with Crippen molar-refractivity contribution in [1.29, 1.82) is 0 Å². The fourth-order valence-electron chi connectivity index (χ4n) is 2.84. The minimum Gasteiger partial charge on any atom is -0.339 e. The minimum absolute atomic E-state index is 0.372. The Morgan fingerprint density at radius 3 is 2.65 bits per heavy atom. The van der Waals surface area contributed by atoms with Gasteiger partial charge >= 0.3 is 0 Å². The van der Waals surface area contributed by atoms with Crippen LogP contribution in [0.4, 0.5) is 0 Å². The Hall–Kier alpha value is -1.75. The minimum atomic E-state index is 0.372. The van der Waals surface area contributed by atoms with Gasteiger partial charge in [0.1, 0.15) is 0 Å². The van der Waals surface area contributed by atoms with Crippen molar-refractivity contribution in [3.63, 3.8) is 0 Å². The van der Waals surface area contributed by atoms with E-state index in [0.717, 1.165) is 42.2 Å². The summed E-state index contributed by atoms with van der Waals surface area (Å²) in [6, 6.07) is 4.49. The molecule has 1 N–H and O–H groups in total. The molecular weight excluding hydrogens is 252 g/mol. The van der Waals surface area contributed by atoms with Gasteiger partial charge in [-0.1, -0.05) is 5.16 Å². The third-order valence-electron chi connectivity index (χ3n) is 3.75. The molecule has 3 rings (SSSR count). The first-order valence-corrected chi connectivity index (χ1v) is 7.14. The predicted octanol–water partition coefficient (Wildman–Crippen LogP) is 2.60. The number of hydrogen-bond donors (Lipinski definition) is 1. The quantitative estimate of drug-likeness (QED) is 0.910. The van der Waals surface area contributed by atoms with Gasteiger partial charge in [0.05, 0.1) is 0 Å². The number of rotatable bonds is 2. The van der Waals surface area contributed by atoms with Crippen LogP contribution in [0.25, 0.3) is 11.4 Å². The van der Waals surface area contributed by atoms with Gasteiger partial charge in [0.25, 0.3) is 0 Å². The highest BCUT2D eigenvalue weighted by molar-refractivity contribution is 5.55. The van der Waals surface area contributed by atoms with E-state index >= 15 is 0 Å². The van der Waals surface area contributed by atoms with E-state index in [1.54, 1.807) is 0 Å². The molecule has 5 nitrogen and oxygen atoms in total. The van der Waals surface area contributed by atoms with Crippen LogP contribution in [0.3, 0.4) is 0 Å². The zero-order valence-electron chi connectivity index (χ0n) is 12.2. The van der Waals surface area contributed by atoms with Crippen molar-refractivity contribution in [2.45, 2.75) is 45.6 Å². The first-order chi connectivity index (χ1) is 9.61. The summed E-state index contributed by atoms with van der Waals surface area (Å²) in [5.74, 6) is 1.80. The topological polar surface area (TPSA) is 63.8 Å². The highest BCUT2D eigenvalue weighted by Crippen LogP contribution is 2.28. The lowest BCUT2D eigenvalue weighted by Crippen LogP contribution is -2.34. The Morgan fingerprint density at radius 2 is 1.95 bits per heavy atom. The largest absolute Gasteiger partial charge is 0.339 e. The van der Waals surface area contributed by atoms with Crippen LogP contribution in [0, 0.1) is 13.8 Å². The van der Waals surface area contributed by atoms with Crippen LogP contribution in [-0.2, 0) is 0 Å². The lowest BCUT2D eigenvalue weighted by molar-refractivity contribution is 0.295. The van der Waals surface area contributed by atoms with Crippen LogP contribution < -0.4 is 5.32 Å². The Morgan fingerprint density at radius 1 is 1.20 bits per heavy atom. The lowest BCUT2D eigenvalue weighted by Gasteiger charge is -2.25. The number of nitrogens with zero attached hydrogens (tertiary/aromatic N) is 3. The number of aromatic nitrogens is 3. The average Bonchev–Trinajstić information content (AvgIpc) is 2.87. The zero-order valence-corrected chi connectivity index (χ0v) is 12.2. The number of aryl methyl sites for hydroxylation is 2. The van der Waals surface area contributed by atoms with Gasteiger partial charge in [0.2, 0.25) is 11.7 Å². The van der Waals surface area contributed by atoms with Gasteiger partial charge < -0.3 is 9.84 Å². The maximum absolute atomic E-state index is 5.48. The Bertz CT molecular complexity index is 587. The second-order valence-electron chi connectivity index (χ2n) is 5.67. The van der Waals surface area contributed by atoms with Crippen LogP contribution in [0.1, 0.15) is 43.0 Å². The van der Waals surface area contributed by atoms with Crippen LogP contribution in [0.5, 0.6) is 0 Å². The molecule has 2 unspecified atom stereocenters. The summed E-state index contributed by atoms with van der Waals surface area (Å²) in [5, 5.41) is 7.57. The summed E-state index contributed by atoms with van der Waals surface area (Å²) in [4.78, 5) is 8.96. The van der Waals surface area contributed by atoms with E-state index in [1.165, 1.54) is 0 Å². The molecule has 0 aliphatic carbocycles. The van der Waals surface area contributed by atoms with Gasteiger partial charge in [-0.15, -0.1) is 0 Å². The summed E-state index contributed by atoms with van der Waals surface area (Å²) in [6.45, 7) is 7.16.